The lowest BCUT2D eigenvalue weighted by atomic mass is 9.33. The smallest absolute Gasteiger partial charge is 0.312 e. The van der Waals surface area contributed by atoms with E-state index in [0.29, 0.717) is 19.1 Å². The lowest BCUT2D eigenvalue weighted by molar-refractivity contribution is -0.295. The van der Waals surface area contributed by atoms with Crippen LogP contribution < -0.4 is 0 Å². The first kappa shape index (κ1) is 27.9. The van der Waals surface area contributed by atoms with Gasteiger partial charge in [0.2, 0.25) is 0 Å². The molecule has 5 aliphatic carbocycles. The summed E-state index contributed by atoms with van der Waals surface area (Å²) in [6.07, 6.45) is 11.7. The molecule has 8 atom stereocenters. The fourth-order valence-electron chi connectivity index (χ4n) is 11.8. The molecule has 0 aromatic heterocycles. The van der Waals surface area contributed by atoms with Gasteiger partial charge in [0.25, 0.3) is 0 Å². The predicted octanol–water partition coefficient (Wildman–Crippen LogP) is 7.27. The van der Waals surface area contributed by atoms with E-state index in [-0.39, 0.29) is 50.7 Å². The lowest BCUT2D eigenvalue weighted by Gasteiger charge is -2.71. The summed E-state index contributed by atoms with van der Waals surface area (Å²) in [5, 5.41) is 0. The van der Waals surface area contributed by atoms with Gasteiger partial charge in [-0.1, -0.05) is 54.0 Å². The van der Waals surface area contributed by atoms with Crippen molar-refractivity contribution >= 4 is 11.8 Å². The Hall–Kier alpha value is -1.20. The molecule has 6 rings (SSSR count). The Labute approximate surface area is 236 Å². The molecular formula is C34H52O5. The van der Waals surface area contributed by atoms with Crippen LogP contribution in [0.3, 0.4) is 0 Å². The van der Waals surface area contributed by atoms with Gasteiger partial charge in [-0.05, 0) is 97.4 Å². The second kappa shape index (κ2) is 8.43. The number of hydrogen-bond donors (Lipinski definition) is 0. The van der Waals surface area contributed by atoms with Gasteiger partial charge in [-0.3, -0.25) is 9.59 Å². The monoisotopic (exact) mass is 540 g/mol. The molecule has 0 bridgehead atoms. The van der Waals surface area contributed by atoms with Gasteiger partial charge in [0, 0.05) is 17.8 Å². The summed E-state index contributed by atoms with van der Waals surface area (Å²) in [6.45, 7) is 18.0. The van der Waals surface area contributed by atoms with Crippen LogP contribution in [0.15, 0.2) is 11.6 Å². The Bertz CT molecular complexity index is 1100. The van der Waals surface area contributed by atoms with E-state index in [1.165, 1.54) is 12.7 Å². The molecule has 5 fully saturated rings. The van der Waals surface area contributed by atoms with Gasteiger partial charge in [0.15, 0.2) is 11.6 Å². The van der Waals surface area contributed by atoms with E-state index in [4.69, 9.17) is 14.2 Å². The summed E-state index contributed by atoms with van der Waals surface area (Å²) in [6, 6.07) is 0. The number of carbonyl (C=O) groups excluding carboxylic acids is 2. The fraction of sp³-hybridized carbons (Fsp3) is 0.882. The second-order valence-corrected chi connectivity index (χ2v) is 16.0. The first-order chi connectivity index (χ1) is 18.2. The van der Waals surface area contributed by atoms with Gasteiger partial charge in [-0.15, -0.1) is 0 Å². The van der Waals surface area contributed by atoms with Gasteiger partial charge in [0.1, 0.15) is 0 Å². The molecule has 5 heteroatoms. The summed E-state index contributed by atoms with van der Waals surface area (Å²) < 4.78 is 18.4. The van der Waals surface area contributed by atoms with Gasteiger partial charge >= 0.3 is 5.97 Å². The topological polar surface area (TPSA) is 61.8 Å². The van der Waals surface area contributed by atoms with Gasteiger partial charge < -0.3 is 14.2 Å². The quantitative estimate of drug-likeness (QED) is 0.345. The van der Waals surface area contributed by atoms with Crippen molar-refractivity contribution in [1.29, 1.82) is 0 Å². The van der Waals surface area contributed by atoms with E-state index < -0.39 is 11.2 Å². The van der Waals surface area contributed by atoms with Crippen LogP contribution >= 0.6 is 0 Å². The summed E-state index contributed by atoms with van der Waals surface area (Å²) in [4.78, 5) is 28.0. The van der Waals surface area contributed by atoms with Crippen LogP contribution in [0.25, 0.3) is 0 Å². The zero-order valence-corrected chi connectivity index (χ0v) is 25.8. The molecular weight excluding hydrogens is 488 g/mol. The second-order valence-electron chi connectivity index (χ2n) is 16.0. The molecule has 4 saturated carbocycles. The minimum Gasteiger partial charge on any atom is -0.469 e. The maximum atomic E-state index is 14.6. The third-order valence-electron chi connectivity index (χ3n) is 14.4. The van der Waals surface area contributed by atoms with Gasteiger partial charge in [-0.25, -0.2) is 0 Å². The van der Waals surface area contributed by atoms with Crippen molar-refractivity contribution in [3.8, 4) is 0 Å². The minimum absolute atomic E-state index is 0.0379. The first-order valence-electron chi connectivity index (χ1n) is 15.8. The summed E-state index contributed by atoms with van der Waals surface area (Å²) in [7, 11) is 1.53. The third-order valence-corrected chi connectivity index (χ3v) is 14.4. The number of hydrogen-bond acceptors (Lipinski definition) is 5. The van der Waals surface area contributed by atoms with Crippen molar-refractivity contribution < 1.29 is 23.8 Å². The molecule has 218 valence electrons. The Morgan fingerprint density at radius 1 is 0.949 bits per heavy atom. The van der Waals surface area contributed by atoms with Crippen LogP contribution in [0.4, 0.5) is 0 Å². The molecule has 0 amide bonds. The van der Waals surface area contributed by atoms with E-state index in [1.54, 1.807) is 0 Å². The molecule has 6 aliphatic rings. The van der Waals surface area contributed by atoms with Gasteiger partial charge in [-0.2, -0.15) is 0 Å². The fourth-order valence-corrected chi connectivity index (χ4v) is 11.8. The number of allylic oxidation sites excluding steroid dienone is 2. The van der Waals surface area contributed by atoms with E-state index in [0.717, 1.165) is 64.2 Å². The Kier molecular flexibility index (Phi) is 6.04. The number of fused-ring (bicyclic) bond motifs is 7. The highest BCUT2D eigenvalue weighted by atomic mass is 16.7. The zero-order valence-electron chi connectivity index (χ0n) is 25.8. The molecule has 1 saturated heterocycles. The molecule has 5 nitrogen and oxygen atoms in total. The molecule has 0 unspecified atom stereocenters. The first-order valence-corrected chi connectivity index (χ1v) is 15.8. The third kappa shape index (κ3) is 3.27. The zero-order chi connectivity index (χ0) is 28.3. The molecule has 0 aromatic rings. The number of esters is 1. The molecule has 0 radical (unpaired) electrons. The van der Waals surface area contributed by atoms with E-state index >= 15 is 0 Å². The highest BCUT2D eigenvalue weighted by molar-refractivity contribution is 5.96. The Morgan fingerprint density at radius 3 is 2.26 bits per heavy atom. The van der Waals surface area contributed by atoms with Crippen molar-refractivity contribution in [1.82, 2.24) is 0 Å². The molecule has 1 aliphatic heterocycles. The summed E-state index contributed by atoms with van der Waals surface area (Å²) in [5.41, 5.74) is 0.583. The summed E-state index contributed by atoms with van der Waals surface area (Å²) >= 11 is 0. The molecule has 0 N–H and O–H groups in total. The van der Waals surface area contributed by atoms with Crippen LogP contribution in [-0.4, -0.2) is 37.9 Å². The van der Waals surface area contributed by atoms with Gasteiger partial charge in [0.05, 0.1) is 25.7 Å². The number of ketones is 1. The number of methoxy groups -OCH3 is 1. The molecule has 1 spiro atoms. The average Bonchev–Trinajstić information content (AvgIpc) is 3.38. The number of carbonyl (C=O) groups is 2. The maximum Gasteiger partial charge on any atom is 0.312 e. The summed E-state index contributed by atoms with van der Waals surface area (Å²) in [5.74, 6) is 0.00387. The van der Waals surface area contributed by atoms with Crippen LogP contribution in [-0.2, 0) is 23.8 Å². The van der Waals surface area contributed by atoms with E-state index in [1.807, 2.05) is 0 Å². The van der Waals surface area contributed by atoms with E-state index in [9.17, 15) is 9.59 Å². The lowest BCUT2D eigenvalue weighted by Crippen LogP contribution is -2.68. The highest BCUT2D eigenvalue weighted by Gasteiger charge is 2.73. The van der Waals surface area contributed by atoms with Crippen molar-refractivity contribution in [2.75, 3.05) is 20.3 Å². The van der Waals surface area contributed by atoms with Crippen molar-refractivity contribution in [3.05, 3.63) is 11.6 Å². The number of rotatable bonds is 2. The number of ether oxygens (including phenoxy) is 3. The maximum absolute atomic E-state index is 14.6. The van der Waals surface area contributed by atoms with Crippen LogP contribution in [0, 0.1) is 50.2 Å². The SMILES string of the molecule is CC[C@@]1(C)[C@@H]2CC[C@]3(C)C(=CC(=O)[C@@H]4[C@@H]5CC(C)(C)CC[C@]5(C(=O)OC)CC[C@]43C)[C@@]2(C)CCC12OCCO2. The van der Waals surface area contributed by atoms with Crippen molar-refractivity contribution in [2.24, 2.45) is 50.2 Å². The standard InChI is InChI=1S/C34H52O5/c1-9-30(5)24-10-11-31(6)25(29(24,4)13-17-34(30)38-18-19-39-34)20-23(35)26-22-21-28(2,3)12-15-33(22,27(36)37-8)16-14-32(26,31)7/h20,22,24,26H,9-19,21H2,1-8H3/t22-,24+,26-,29-,30-,31+,32+,33-/m0/s1. The largest absolute Gasteiger partial charge is 0.469 e. The minimum atomic E-state index is -0.526. The van der Waals surface area contributed by atoms with Crippen molar-refractivity contribution in [3.63, 3.8) is 0 Å². The molecule has 0 aromatic carbocycles. The Morgan fingerprint density at radius 2 is 1.62 bits per heavy atom. The normalized spacial score (nSPS) is 49.8. The van der Waals surface area contributed by atoms with Crippen LogP contribution in [0.2, 0.25) is 0 Å². The Balaban J connectivity index is 1.46. The highest BCUT2D eigenvalue weighted by Crippen LogP contribution is 2.76. The molecule has 39 heavy (non-hydrogen) atoms. The van der Waals surface area contributed by atoms with Crippen molar-refractivity contribution in [2.45, 2.75) is 118 Å². The average molecular weight is 541 g/mol. The van der Waals surface area contributed by atoms with Crippen LogP contribution in [0.1, 0.15) is 113 Å². The molecule has 1 heterocycles. The van der Waals surface area contributed by atoms with Crippen LogP contribution in [0.5, 0.6) is 0 Å². The van der Waals surface area contributed by atoms with E-state index in [2.05, 4.69) is 54.5 Å². The predicted molar refractivity (Wildman–Crippen MR) is 151 cm³/mol.